The van der Waals surface area contributed by atoms with E-state index in [0.717, 1.165) is 13.1 Å². The summed E-state index contributed by atoms with van der Waals surface area (Å²) < 4.78 is 0. The third kappa shape index (κ3) is 3.45. The van der Waals surface area contributed by atoms with Gasteiger partial charge >= 0.3 is 0 Å². The Morgan fingerprint density at radius 3 is 2.19 bits per heavy atom. The van der Waals surface area contributed by atoms with Gasteiger partial charge in [-0.1, -0.05) is 55.5 Å². The number of hydrogen-bond donors (Lipinski definition) is 1. The van der Waals surface area contributed by atoms with Gasteiger partial charge < -0.3 is 10.0 Å². The van der Waals surface area contributed by atoms with Crippen LogP contribution in [0, 0.1) is 6.92 Å². The molecule has 2 rings (SSSR count). The third-order valence-electron chi connectivity index (χ3n) is 4.20. The molecule has 0 fully saturated rings. The summed E-state index contributed by atoms with van der Waals surface area (Å²) in [5.41, 5.74) is 3.43. The van der Waals surface area contributed by atoms with E-state index in [2.05, 4.69) is 62.1 Å². The summed E-state index contributed by atoms with van der Waals surface area (Å²) in [6.45, 7) is 8.29. The molecule has 21 heavy (non-hydrogen) atoms. The average Bonchev–Trinajstić information content (AvgIpc) is 2.54. The summed E-state index contributed by atoms with van der Waals surface area (Å²) in [5.74, 6) is 0. The smallest absolute Gasteiger partial charge is 0.0542 e. The molecule has 1 unspecified atom stereocenters. The predicted molar refractivity (Wildman–Crippen MR) is 89.9 cm³/mol. The van der Waals surface area contributed by atoms with Crippen molar-refractivity contribution in [3.63, 3.8) is 0 Å². The van der Waals surface area contributed by atoms with Crippen LogP contribution in [-0.4, -0.2) is 24.8 Å². The molecule has 2 aromatic carbocycles. The van der Waals surface area contributed by atoms with Crippen molar-refractivity contribution in [2.75, 3.05) is 24.6 Å². The van der Waals surface area contributed by atoms with Crippen molar-refractivity contribution in [3.8, 4) is 0 Å². The molecule has 0 amide bonds. The summed E-state index contributed by atoms with van der Waals surface area (Å²) in [6.07, 6.45) is 0. The quantitative estimate of drug-likeness (QED) is 0.872. The molecule has 2 heteroatoms. The van der Waals surface area contributed by atoms with Crippen LogP contribution in [0.3, 0.4) is 0 Å². The number of aliphatic hydroxyl groups excluding tert-OH is 1. The first-order valence-electron chi connectivity index (χ1n) is 7.57. The summed E-state index contributed by atoms with van der Waals surface area (Å²) in [4.78, 5) is 2.35. The lowest BCUT2D eigenvalue weighted by Crippen LogP contribution is -2.42. The van der Waals surface area contributed by atoms with Crippen LogP contribution in [0.25, 0.3) is 0 Å². The highest BCUT2D eigenvalue weighted by Crippen LogP contribution is 2.28. The molecule has 0 radical (unpaired) electrons. The Morgan fingerprint density at radius 2 is 1.62 bits per heavy atom. The molecule has 2 aromatic rings. The molecule has 0 aliphatic rings. The maximum atomic E-state index is 9.97. The van der Waals surface area contributed by atoms with E-state index in [1.165, 1.54) is 16.8 Å². The van der Waals surface area contributed by atoms with Crippen LogP contribution >= 0.6 is 0 Å². The van der Waals surface area contributed by atoms with Crippen LogP contribution in [0.15, 0.2) is 54.6 Å². The van der Waals surface area contributed by atoms with Crippen LogP contribution in [0.5, 0.6) is 0 Å². The van der Waals surface area contributed by atoms with Gasteiger partial charge in [0, 0.05) is 24.2 Å². The number of aryl methyl sites for hydroxylation is 1. The zero-order valence-electron chi connectivity index (χ0n) is 13.2. The molecule has 0 saturated carbocycles. The fourth-order valence-corrected chi connectivity index (χ4v) is 2.78. The Balaban J connectivity index is 2.30. The minimum absolute atomic E-state index is 0.138. The molecule has 0 bridgehead atoms. The number of anilines is 1. The Bertz CT molecular complexity index is 567. The van der Waals surface area contributed by atoms with E-state index in [4.69, 9.17) is 0 Å². The van der Waals surface area contributed by atoms with Crippen molar-refractivity contribution in [2.24, 2.45) is 0 Å². The van der Waals surface area contributed by atoms with E-state index in [1.54, 1.807) is 0 Å². The lowest BCUT2D eigenvalue weighted by atomic mass is 9.82. The van der Waals surface area contributed by atoms with Gasteiger partial charge in [-0.2, -0.15) is 0 Å². The summed E-state index contributed by atoms with van der Waals surface area (Å²) >= 11 is 0. The highest BCUT2D eigenvalue weighted by atomic mass is 16.3. The molecule has 0 aromatic heterocycles. The summed E-state index contributed by atoms with van der Waals surface area (Å²) in [7, 11) is 0. The molecule has 112 valence electrons. The van der Waals surface area contributed by atoms with E-state index < -0.39 is 0 Å². The zero-order valence-corrected chi connectivity index (χ0v) is 13.2. The SMILES string of the molecule is CCN(CC(C)(CO)c1ccccc1)c1ccccc1C. The maximum absolute atomic E-state index is 9.97. The van der Waals surface area contributed by atoms with E-state index in [1.807, 2.05) is 18.2 Å². The molecule has 2 nitrogen and oxygen atoms in total. The second kappa shape index (κ2) is 6.77. The molecule has 0 spiro atoms. The fraction of sp³-hybridized carbons (Fsp3) is 0.368. The highest BCUT2D eigenvalue weighted by molar-refractivity contribution is 5.53. The number of hydrogen-bond acceptors (Lipinski definition) is 2. The van der Waals surface area contributed by atoms with E-state index in [-0.39, 0.29) is 12.0 Å². The summed E-state index contributed by atoms with van der Waals surface area (Å²) in [5, 5.41) is 9.97. The van der Waals surface area contributed by atoms with Gasteiger partial charge in [-0.15, -0.1) is 0 Å². The van der Waals surface area contributed by atoms with Crippen molar-refractivity contribution < 1.29 is 5.11 Å². The molecule has 0 heterocycles. The van der Waals surface area contributed by atoms with Crippen molar-refractivity contribution in [1.29, 1.82) is 0 Å². The number of rotatable bonds is 6. The van der Waals surface area contributed by atoms with Crippen molar-refractivity contribution in [2.45, 2.75) is 26.2 Å². The Hall–Kier alpha value is -1.80. The Labute approximate surface area is 128 Å². The average molecular weight is 283 g/mol. The minimum Gasteiger partial charge on any atom is -0.395 e. The molecule has 0 saturated heterocycles. The Kier molecular flexibility index (Phi) is 5.03. The molecule has 0 aliphatic carbocycles. The minimum atomic E-state index is -0.264. The first-order chi connectivity index (χ1) is 10.1. The van der Waals surface area contributed by atoms with E-state index in [0.29, 0.717) is 0 Å². The van der Waals surface area contributed by atoms with Gasteiger partial charge in [-0.25, -0.2) is 0 Å². The van der Waals surface area contributed by atoms with Gasteiger partial charge in [-0.3, -0.25) is 0 Å². The number of nitrogens with zero attached hydrogens (tertiary/aromatic N) is 1. The molecule has 1 atom stereocenters. The second-order valence-electron chi connectivity index (χ2n) is 5.89. The fourth-order valence-electron chi connectivity index (χ4n) is 2.78. The third-order valence-corrected chi connectivity index (χ3v) is 4.20. The van der Waals surface area contributed by atoms with Crippen molar-refractivity contribution in [3.05, 3.63) is 65.7 Å². The Morgan fingerprint density at radius 1 is 1.00 bits per heavy atom. The van der Waals surface area contributed by atoms with Crippen molar-refractivity contribution in [1.82, 2.24) is 0 Å². The first-order valence-corrected chi connectivity index (χ1v) is 7.57. The lowest BCUT2D eigenvalue weighted by Gasteiger charge is -2.36. The maximum Gasteiger partial charge on any atom is 0.0542 e. The van der Waals surface area contributed by atoms with E-state index >= 15 is 0 Å². The molecule has 0 aliphatic heterocycles. The van der Waals surface area contributed by atoms with E-state index in [9.17, 15) is 5.11 Å². The van der Waals surface area contributed by atoms with Crippen LogP contribution in [-0.2, 0) is 5.41 Å². The first kappa shape index (κ1) is 15.6. The van der Waals surface area contributed by atoms with Gasteiger partial charge in [0.25, 0.3) is 0 Å². The standard InChI is InChI=1S/C19H25NO/c1-4-20(18-13-9-8-10-16(18)2)14-19(3,15-21)17-11-6-5-7-12-17/h5-13,21H,4,14-15H2,1-3H3. The normalized spacial score (nSPS) is 13.7. The monoisotopic (exact) mass is 283 g/mol. The van der Waals surface area contributed by atoms with Gasteiger partial charge in [0.15, 0.2) is 0 Å². The van der Waals surface area contributed by atoms with Crippen LogP contribution in [0.2, 0.25) is 0 Å². The number of aliphatic hydroxyl groups is 1. The largest absolute Gasteiger partial charge is 0.395 e. The number of likely N-dealkylation sites (N-methyl/N-ethyl adjacent to an activating group) is 1. The zero-order chi connectivity index (χ0) is 15.3. The molecule has 1 N–H and O–H groups in total. The van der Waals surface area contributed by atoms with Crippen LogP contribution < -0.4 is 4.90 Å². The molecular formula is C19H25NO. The van der Waals surface area contributed by atoms with Crippen molar-refractivity contribution >= 4 is 5.69 Å². The van der Waals surface area contributed by atoms with Gasteiger partial charge in [-0.05, 0) is 31.0 Å². The topological polar surface area (TPSA) is 23.5 Å². The van der Waals surface area contributed by atoms with Gasteiger partial charge in [0.2, 0.25) is 0 Å². The van der Waals surface area contributed by atoms with Gasteiger partial charge in [0.05, 0.1) is 6.61 Å². The predicted octanol–water partition coefficient (Wildman–Crippen LogP) is 3.77. The van der Waals surface area contributed by atoms with Gasteiger partial charge in [0.1, 0.15) is 0 Å². The number of para-hydroxylation sites is 1. The lowest BCUT2D eigenvalue weighted by molar-refractivity contribution is 0.208. The van der Waals surface area contributed by atoms with Crippen LogP contribution in [0.4, 0.5) is 5.69 Å². The molecular weight excluding hydrogens is 258 g/mol. The van der Waals surface area contributed by atoms with Crippen LogP contribution in [0.1, 0.15) is 25.0 Å². The number of benzene rings is 2. The second-order valence-corrected chi connectivity index (χ2v) is 5.89. The summed E-state index contributed by atoms with van der Waals surface area (Å²) in [6, 6.07) is 18.7. The highest BCUT2D eigenvalue weighted by Gasteiger charge is 2.28.